The number of amides is 1. The fourth-order valence-electron chi connectivity index (χ4n) is 4.24. The first kappa shape index (κ1) is 18.0. The highest BCUT2D eigenvalue weighted by atomic mass is 19.1. The van der Waals surface area contributed by atoms with Gasteiger partial charge in [-0.2, -0.15) is 5.10 Å². The molecule has 4 rings (SSSR count). The van der Waals surface area contributed by atoms with E-state index in [-0.39, 0.29) is 23.7 Å². The zero-order valence-corrected chi connectivity index (χ0v) is 15.6. The summed E-state index contributed by atoms with van der Waals surface area (Å²) in [6.45, 7) is 1.72. The topological polar surface area (TPSA) is 61.0 Å². The van der Waals surface area contributed by atoms with E-state index in [0.29, 0.717) is 0 Å². The van der Waals surface area contributed by atoms with Crippen molar-refractivity contribution in [2.75, 3.05) is 18.0 Å². The Morgan fingerprint density at radius 2 is 1.89 bits per heavy atom. The molecule has 1 saturated heterocycles. The monoisotopic (exact) mass is 370 g/mol. The van der Waals surface area contributed by atoms with E-state index in [1.54, 1.807) is 12.1 Å². The lowest BCUT2D eigenvalue weighted by molar-refractivity contribution is -0.126. The van der Waals surface area contributed by atoms with Crippen LogP contribution in [0.5, 0.6) is 0 Å². The SMILES string of the molecule is O=C(NC1CCCN(c2cc(-c3ccc(F)cc3)[nH]n2)C1)C1CCCCC1. The van der Waals surface area contributed by atoms with Crippen molar-refractivity contribution in [3.8, 4) is 11.3 Å². The molecule has 1 atom stereocenters. The van der Waals surface area contributed by atoms with Crippen molar-refractivity contribution < 1.29 is 9.18 Å². The van der Waals surface area contributed by atoms with Crippen LogP contribution in [0.25, 0.3) is 11.3 Å². The minimum atomic E-state index is -0.244. The molecule has 2 aromatic rings. The van der Waals surface area contributed by atoms with Crippen LogP contribution in [-0.2, 0) is 4.79 Å². The number of rotatable bonds is 4. The van der Waals surface area contributed by atoms with Gasteiger partial charge in [-0.1, -0.05) is 19.3 Å². The Morgan fingerprint density at radius 3 is 2.67 bits per heavy atom. The third kappa shape index (κ3) is 4.31. The lowest BCUT2D eigenvalue weighted by atomic mass is 9.88. The van der Waals surface area contributed by atoms with Gasteiger partial charge in [-0.25, -0.2) is 4.39 Å². The number of aromatic amines is 1. The Hall–Kier alpha value is -2.37. The van der Waals surface area contributed by atoms with E-state index in [9.17, 15) is 9.18 Å². The first-order valence-electron chi connectivity index (χ1n) is 10.1. The Kier molecular flexibility index (Phi) is 5.41. The first-order valence-corrected chi connectivity index (χ1v) is 10.1. The molecule has 0 radical (unpaired) electrons. The highest BCUT2D eigenvalue weighted by Crippen LogP contribution is 2.26. The maximum absolute atomic E-state index is 13.1. The van der Waals surface area contributed by atoms with Gasteiger partial charge in [-0.3, -0.25) is 9.89 Å². The number of piperidine rings is 1. The van der Waals surface area contributed by atoms with Gasteiger partial charge in [0.2, 0.25) is 5.91 Å². The minimum Gasteiger partial charge on any atom is -0.353 e. The van der Waals surface area contributed by atoms with E-state index in [1.807, 2.05) is 6.07 Å². The number of H-pyrrole nitrogens is 1. The van der Waals surface area contributed by atoms with Crippen LogP contribution in [0.15, 0.2) is 30.3 Å². The minimum absolute atomic E-state index is 0.180. The van der Waals surface area contributed by atoms with Crippen LogP contribution in [-0.4, -0.2) is 35.2 Å². The number of hydrogen-bond donors (Lipinski definition) is 2. The normalized spacial score (nSPS) is 21.2. The number of nitrogens with one attached hydrogen (secondary N) is 2. The molecule has 2 heterocycles. The molecule has 2 N–H and O–H groups in total. The number of benzene rings is 1. The summed E-state index contributed by atoms with van der Waals surface area (Å²) in [4.78, 5) is 14.8. The van der Waals surface area contributed by atoms with Crippen LogP contribution in [0, 0.1) is 11.7 Å². The molecule has 6 heteroatoms. The number of anilines is 1. The fourth-order valence-corrected chi connectivity index (χ4v) is 4.24. The second-order valence-corrected chi connectivity index (χ2v) is 7.78. The van der Waals surface area contributed by atoms with Crippen LogP contribution in [0.2, 0.25) is 0 Å². The third-order valence-corrected chi connectivity index (χ3v) is 5.79. The largest absolute Gasteiger partial charge is 0.353 e. The summed E-state index contributed by atoms with van der Waals surface area (Å²) in [6.07, 6.45) is 7.73. The Bertz CT molecular complexity index is 767. The standard InChI is InChI=1S/C21H27FN4O/c22-17-10-8-15(9-11-17)19-13-20(25-24-19)26-12-4-7-18(14-26)23-21(27)16-5-2-1-3-6-16/h8-11,13,16,18H,1-7,12,14H2,(H,23,27)(H,24,25). The zero-order valence-electron chi connectivity index (χ0n) is 15.6. The molecule has 5 nitrogen and oxygen atoms in total. The van der Waals surface area contributed by atoms with Crippen LogP contribution >= 0.6 is 0 Å². The summed E-state index contributed by atoms with van der Waals surface area (Å²) in [7, 11) is 0. The smallest absolute Gasteiger partial charge is 0.223 e. The molecule has 0 spiro atoms. The summed E-state index contributed by atoms with van der Waals surface area (Å²) < 4.78 is 13.1. The Morgan fingerprint density at radius 1 is 1.11 bits per heavy atom. The van der Waals surface area contributed by atoms with E-state index >= 15 is 0 Å². The summed E-state index contributed by atoms with van der Waals surface area (Å²) >= 11 is 0. The average molecular weight is 370 g/mol. The highest BCUT2D eigenvalue weighted by Gasteiger charge is 2.27. The van der Waals surface area contributed by atoms with Crippen molar-refractivity contribution in [3.05, 3.63) is 36.1 Å². The number of hydrogen-bond acceptors (Lipinski definition) is 3. The van der Waals surface area contributed by atoms with Gasteiger partial charge in [0.25, 0.3) is 0 Å². The molecular formula is C21H27FN4O. The van der Waals surface area contributed by atoms with Crippen LogP contribution in [0.4, 0.5) is 10.2 Å². The van der Waals surface area contributed by atoms with Gasteiger partial charge in [0.15, 0.2) is 5.82 Å². The number of carbonyl (C=O) groups is 1. The van der Waals surface area contributed by atoms with E-state index in [1.165, 1.54) is 31.4 Å². The van der Waals surface area contributed by atoms with Crippen LogP contribution in [0.3, 0.4) is 0 Å². The van der Waals surface area contributed by atoms with Crippen LogP contribution < -0.4 is 10.2 Å². The number of nitrogens with zero attached hydrogens (tertiary/aromatic N) is 2. The van der Waals surface area contributed by atoms with Gasteiger partial charge in [-0.15, -0.1) is 0 Å². The van der Waals surface area contributed by atoms with Gasteiger partial charge in [0.05, 0.1) is 5.69 Å². The van der Waals surface area contributed by atoms with Crippen molar-refractivity contribution in [1.82, 2.24) is 15.5 Å². The highest BCUT2D eigenvalue weighted by molar-refractivity contribution is 5.79. The van der Waals surface area contributed by atoms with Gasteiger partial charge in [0.1, 0.15) is 5.82 Å². The molecule has 27 heavy (non-hydrogen) atoms. The third-order valence-electron chi connectivity index (χ3n) is 5.79. The molecule has 1 unspecified atom stereocenters. The van der Waals surface area contributed by atoms with Gasteiger partial charge in [-0.05, 0) is 55.5 Å². The Balaban J connectivity index is 1.38. The molecule has 2 aliphatic rings. The second kappa shape index (κ2) is 8.11. The van der Waals surface area contributed by atoms with Gasteiger partial charge < -0.3 is 10.2 Å². The van der Waals surface area contributed by atoms with E-state index in [4.69, 9.17) is 0 Å². The van der Waals surface area contributed by atoms with E-state index < -0.39 is 0 Å². The molecule has 1 aliphatic carbocycles. The van der Waals surface area contributed by atoms with E-state index in [2.05, 4.69) is 20.4 Å². The molecule has 1 aromatic carbocycles. The maximum Gasteiger partial charge on any atom is 0.223 e. The molecule has 1 aromatic heterocycles. The predicted octanol–water partition coefficient (Wildman–Crippen LogP) is 3.88. The van der Waals surface area contributed by atoms with Crippen molar-refractivity contribution in [1.29, 1.82) is 0 Å². The van der Waals surface area contributed by atoms with Crippen molar-refractivity contribution in [2.45, 2.75) is 51.0 Å². The lowest BCUT2D eigenvalue weighted by Gasteiger charge is -2.34. The molecule has 1 saturated carbocycles. The van der Waals surface area contributed by atoms with Crippen molar-refractivity contribution in [3.63, 3.8) is 0 Å². The van der Waals surface area contributed by atoms with Crippen LogP contribution in [0.1, 0.15) is 44.9 Å². The molecule has 0 bridgehead atoms. The van der Waals surface area contributed by atoms with Crippen molar-refractivity contribution >= 4 is 11.7 Å². The molecule has 144 valence electrons. The quantitative estimate of drug-likeness (QED) is 0.859. The molecule has 2 fully saturated rings. The fraction of sp³-hybridized carbons (Fsp3) is 0.524. The van der Waals surface area contributed by atoms with Gasteiger partial charge >= 0.3 is 0 Å². The number of aromatic nitrogens is 2. The van der Waals surface area contributed by atoms with Crippen molar-refractivity contribution in [2.24, 2.45) is 5.92 Å². The van der Waals surface area contributed by atoms with Gasteiger partial charge in [0, 0.05) is 31.1 Å². The second-order valence-electron chi connectivity index (χ2n) is 7.78. The zero-order chi connectivity index (χ0) is 18.6. The predicted molar refractivity (Wildman–Crippen MR) is 104 cm³/mol. The lowest BCUT2D eigenvalue weighted by Crippen LogP contribution is -2.49. The molecule has 1 amide bonds. The number of carbonyl (C=O) groups excluding carboxylic acids is 1. The summed E-state index contributed by atoms with van der Waals surface area (Å²) in [6, 6.07) is 8.57. The first-order chi connectivity index (χ1) is 13.2. The van der Waals surface area contributed by atoms with E-state index in [0.717, 1.165) is 55.8 Å². The maximum atomic E-state index is 13.1. The summed E-state index contributed by atoms with van der Waals surface area (Å²) in [5.74, 6) is 1.07. The molecule has 1 aliphatic heterocycles. The summed E-state index contributed by atoms with van der Waals surface area (Å²) in [5.41, 5.74) is 1.78. The summed E-state index contributed by atoms with van der Waals surface area (Å²) in [5, 5.41) is 10.8. The Labute approximate surface area is 159 Å². The number of halogens is 1. The average Bonchev–Trinajstić information content (AvgIpc) is 3.20. The molecular weight excluding hydrogens is 343 g/mol.